The molecule has 1 heterocycles. The summed E-state index contributed by atoms with van der Waals surface area (Å²) in [6.45, 7) is 3.04. The van der Waals surface area contributed by atoms with Crippen molar-refractivity contribution in [3.63, 3.8) is 0 Å². The number of hydrogen-bond acceptors (Lipinski definition) is 3. The van der Waals surface area contributed by atoms with E-state index in [2.05, 4.69) is 46.6 Å². The lowest BCUT2D eigenvalue weighted by Gasteiger charge is -2.28. The van der Waals surface area contributed by atoms with Gasteiger partial charge in [0, 0.05) is 30.3 Å². The Bertz CT molecular complexity index is 645. The van der Waals surface area contributed by atoms with Crippen LogP contribution in [0.5, 0.6) is 0 Å². The number of thioether (sulfide) groups is 1. The molecule has 0 aliphatic carbocycles. The Kier molecular flexibility index (Phi) is 5.72. The van der Waals surface area contributed by atoms with E-state index in [1.165, 1.54) is 16.0 Å². The summed E-state index contributed by atoms with van der Waals surface area (Å²) < 4.78 is 0. The minimum atomic E-state index is 0.123. The van der Waals surface area contributed by atoms with Crippen LogP contribution in [0.1, 0.15) is 11.1 Å². The molecule has 0 spiro atoms. The Hall–Kier alpha value is -1.78. The van der Waals surface area contributed by atoms with Crippen molar-refractivity contribution >= 4 is 17.7 Å². The second kappa shape index (κ2) is 8.18. The number of carbonyl (C=O) groups is 1. The molecule has 0 fully saturated rings. The zero-order valence-electron chi connectivity index (χ0n) is 13.2. The van der Waals surface area contributed by atoms with Crippen molar-refractivity contribution in [2.24, 2.45) is 0 Å². The lowest BCUT2D eigenvalue weighted by Crippen LogP contribution is -2.40. The lowest BCUT2D eigenvalue weighted by atomic mass is 10.00. The van der Waals surface area contributed by atoms with Crippen molar-refractivity contribution in [2.45, 2.75) is 17.9 Å². The molecule has 1 N–H and O–H groups in total. The van der Waals surface area contributed by atoms with Gasteiger partial charge >= 0.3 is 0 Å². The molecule has 1 aliphatic heterocycles. The molecule has 3 nitrogen and oxygen atoms in total. The van der Waals surface area contributed by atoms with Crippen molar-refractivity contribution in [1.82, 2.24) is 10.2 Å². The number of amides is 1. The highest BCUT2D eigenvalue weighted by atomic mass is 32.2. The maximum atomic E-state index is 12.1. The van der Waals surface area contributed by atoms with E-state index in [4.69, 9.17) is 0 Å². The first kappa shape index (κ1) is 16.1. The molecule has 1 aliphatic rings. The average Bonchev–Trinajstić information content (AvgIpc) is 2.59. The molecule has 2 aromatic rings. The lowest BCUT2D eigenvalue weighted by molar-refractivity contribution is -0.122. The highest BCUT2D eigenvalue weighted by Crippen LogP contribution is 2.18. The fraction of sp³-hybridized carbons (Fsp3) is 0.316. The SMILES string of the molecule is O=C(CN1CCc2ccccc2C1)NCCSc1ccccc1. The maximum Gasteiger partial charge on any atom is 0.234 e. The Morgan fingerprint density at radius 2 is 1.78 bits per heavy atom. The second-order valence-corrected chi connectivity index (χ2v) is 6.91. The van der Waals surface area contributed by atoms with Crippen LogP contribution in [0.25, 0.3) is 0 Å². The van der Waals surface area contributed by atoms with E-state index in [0.717, 1.165) is 25.3 Å². The van der Waals surface area contributed by atoms with E-state index in [1.54, 1.807) is 11.8 Å². The first-order valence-electron chi connectivity index (χ1n) is 8.05. The van der Waals surface area contributed by atoms with Gasteiger partial charge in [0.25, 0.3) is 0 Å². The summed E-state index contributed by atoms with van der Waals surface area (Å²) in [5.74, 6) is 1.02. The van der Waals surface area contributed by atoms with E-state index in [9.17, 15) is 4.79 Å². The topological polar surface area (TPSA) is 32.3 Å². The second-order valence-electron chi connectivity index (χ2n) is 5.74. The van der Waals surface area contributed by atoms with Gasteiger partial charge in [0.1, 0.15) is 0 Å². The third-order valence-corrected chi connectivity index (χ3v) is 5.03. The third-order valence-electron chi connectivity index (χ3n) is 4.01. The van der Waals surface area contributed by atoms with Crippen LogP contribution in [0.3, 0.4) is 0 Å². The zero-order valence-corrected chi connectivity index (χ0v) is 14.0. The molecule has 1 amide bonds. The van der Waals surface area contributed by atoms with Crippen LogP contribution in [0, 0.1) is 0 Å². The summed E-state index contributed by atoms with van der Waals surface area (Å²) in [5.41, 5.74) is 2.77. The van der Waals surface area contributed by atoms with Crippen molar-refractivity contribution in [1.29, 1.82) is 0 Å². The number of carbonyl (C=O) groups excluding carboxylic acids is 1. The normalized spacial score (nSPS) is 14.3. The standard InChI is InChI=1S/C19H22N2OS/c22-19(20-11-13-23-18-8-2-1-3-9-18)15-21-12-10-16-6-4-5-7-17(16)14-21/h1-9H,10-15H2,(H,20,22). The van der Waals surface area contributed by atoms with Crippen LogP contribution in [0.15, 0.2) is 59.5 Å². The third kappa shape index (κ3) is 4.85. The molecule has 23 heavy (non-hydrogen) atoms. The number of hydrogen-bond donors (Lipinski definition) is 1. The smallest absolute Gasteiger partial charge is 0.234 e. The van der Waals surface area contributed by atoms with Gasteiger partial charge in [-0.05, 0) is 29.7 Å². The number of benzene rings is 2. The number of nitrogens with one attached hydrogen (secondary N) is 1. The Labute approximate surface area is 142 Å². The maximum absolute atomic E-state index is 12.1. The summed E-state index contributed by atoms with van der Waals surface area (Å²) in [6.07, 6.45) is 1.04. The molecule has 120 valence electrons. The van der Waals surface area contributed by atoms with Gasteiger partial charge in [-0.15, -0.1) is 11.8 Å². The fourth-order valence-electron chi connectivity index (χ4n) is 2.82. The van der Waals surface area contributed by atoms with Gasteiger partial charge < -0.3 is 5.32 Å². The number of rotatable bonds is 6. The molecule has 0 unspecified atom stereocenters. The molecule has 2 aromatic carbocycles. The highest BCUT2D eigenvalue weighted by molar-refractivity contribution is 7.99. The molecule has 0 atom stereocenters. The van der Waals surface area contributed by atoms with Crippen LogP contribution in [-0.2, 0) is 17.8 Å². The molecule has 0 radical (unpaired) electrons. The van der Waals surface area contributed by atoms with Crippen molar-refractivity contribution < 1.29 is 4.79 Å². The first-order valence-corrected chi connectivity index (χ1v) is 9.03. The highest BCUT2D eigenvalue weighted by Gasteiger charge is 2.17. The van der Waals surface area contributed by atoms with Gasteiger partial charge in [-0.1, -0.05) is 42.5 Å². The van der Waals surface area contributed by atoms with E-state index in [1.807, 2.05) is 18.2 Å². The van der Waals surface area contributed by atoms with E-state index >= 15 is 0 Å². The number of nitrogens with zero attached hydrogens (tertiary/aromatic N) is 1. The van der Waals surface area contributed by atoms with E-state index in [-0.39, 0.29) is 5.91 Å². The van der Waals surface area contributed by atoms with Gasteiger partial charge in [0.15, 0.2) is 0 Å². The minimum absolute atomic E-state index is 0.123. The quantitative estimate of drug-likeness (QED) is 0.654. The van der Waals surface area contributed by atoms with Crippen LogP contribution in [0.4, 0.5) is 0 Å². The summed E-state index contributed by atoms with van der Waals surface area (Å²) in [7, 11) is 0. The van der Waals surface area contributed by atoms with E-state index < -0.39 is 0 Å². The summed E-state index contributed by atoms with van der Waals surface area (Å²) in [6, 6.07) is 18.8. The summed E-state index contributed by atoms with van der Waals surface area (Å²) >= 11 is 1.77. The molecule has 0 saturated heterocycles. The molecule has 3 rings (SSSR count). The Balaban J connectivity index is 1.37. The van der Waals surface area contributed by atoms with Gasteiger partial charge in [-0.3, -0.25) is 9.69 Å². The van der Waals surface area contributed by atoms with Gasteiger partial charge in [-0.25, -0.2) is 0 Å². The fourth-order valence-corrected chi connectivity index (χ4v) is 3.61. The molecule has 0 aromatic heterocycles. The molecular formula is C19H22N2OS. The Morgan fingerprint density at radius 3 is 2.61 bits per heavy atom. The van der Waals surface area contributed by atoms with Crippen LogP contribution in [-0.4, -0.2) is 36.2 Å². The predicted octanol–water partition coefficient (Wildman–Crippen LogP) is 2.95. The van der Waals surface area contributed by atoms with Gasteiger partial charge in [0.2, 0.25) is 5.91 Å². The molecular weight excluding hydrogens is 304 g/mol. The van der Waals surface area contributed by atoms with Crippen molar-refractivity contribution in [3.05, 3.63) is 65.7 Å². The van der Waals surface area contributed by atoms with E-state index in [0.29, 0.717) is 13.1 Å². The predicted molar refractivity (Wildman–Crippen MR) is 95.6 cm³/mol. The summed E-state index contributed by atoms with van der Waals surface area (Å²) in [4.78, 5) is 15.5. The molecule has 4 heteroatoms. The average molecular weight is 326 g/mol. The largest absolute Gasteiger partial charge is 0.354 e. The van der Waals surface area contributed by atoms with Gasteiger partial charge in [0.05, 0.1) is 6.54 Å². The van der Waals surface area contributed by atoms with Gasteiger partial charge in [-0.2, -0.15) is 0 Å². The molecule has 0 bridgehead atoms. The zero-order chi connectivity index (χ0) is 15.9. The van der Waals surface area contributed by atoms with Crippen molar-refractivity contribution in [3.8, 4) is 0 Å². The first-order chi connectivity index (χ1) is 11.3. The Morgan fingerprint density at radius 1 is 1.04 bits per heavy atom. The van der Waals surface area contributed by atoms with Crippen LogP contribution >= 0.6 is 11.8 Å². The van der Waals surface area contributed by atoms with Crippen LogP contribution < -0.4 is 5.32 Å². The monoisotopic (exact) mass is 326 g/mol. The van der Waals surface area contributed by atoms with Crippen molar-refractivity contribution in [2.75, 3.05) is 25.4 Å². The summed E-state index contributed by atoms with van der Waals surface area (Å²) in [5, 5.41) is 3.02. The molecule has 0 saturated carbocycles. The van der Waals surface area contributed by atoms with Crippen LogP contribution in [0.2, 0.25) is 0 Å². The number of fused-ring (bicyclic) bond motifs is 1. The minimum Gasteiger partial charge on any atom is -0.354 e.